The SMILES string of the molecule is CCN(CC)c1nc(Cl)nc(OC(C)(C)CC)n1. The molecule has 102 valence electrons. The molecule has 1 heterocycles. The van der Waals surface area contributed by atoms with E-state index in [0.29, 0.717) is 5.95 Å². The Labute approximate surface area is 114 Å². The Morgan fingerprint density at radius 3 is 2.22 bits per heavy atom. The summed E-state index contributed by atoms with van der Waals surface area (Å²) in [4.78, 5) is 14.4. The molecule has 6 heteroatoms. The molecular formula is C12H21ClN4O. The lowest BCUT2D eigenvalue weighted by atomic mass is 10.1. The highest BCUT2D eigenvalue weighted by atomic mass is 35.5. The molecule has 0 aromatic carbocycles. The van der Waals surface area contributed by atoms with E-state index in [1.54, 1.807) is 0 Å². The molecule has 0 saturated carbocycles. The number of hydrogen-bond donors (Lipinski definition) is 0. The number of anilines is 1. The van der Waals surface area contributed by atoms with E-state index in [4.69, 9.17) is 16.3 Å². The van der Waals surface area contributed by atoms with Crippen molar-refractivity contribution in [2.75, 3.05) is 18.0 Å². The fourth-order valence-corrected chi connectivity index (χ4v) is 1.48. The van der Waals surface area contributed by atoms with Crippen LogP contribution in [0.15, 0.2) is 0 Å². The molecule has 0 amide bonds. The fourth-order valence-electron chi connectivity index (χ4n) is 1.33. The highest BCUT2D eigenvalue weighted by Gasteiger charge is 2.20. The Bertz CT molecular complexity index is 394. The van der Waals surface area contributed by atoms with Crippen LogP contribution < -0.4 is 9.64 Å². The number of halogens is 1. The third-order valence-electron chi connectivity index (χ3n) is 2.84. The first-order valence-corrected chi connectivity index (χ1v) is 6.65. The summed E-state index contributed by atoms with van der Waals surface area (Å²) in [5, 5.41) is 0.161. The van der Waals surface area contributed by atoms with Crippen molar-refractivity contribution in [1.82, 2.24) is 15.0 Å². The van der Waals surface area contributed by atoms with Crippen molar-refractivity contribution in [3.8, 4) is 6.01 Å². The Kier molecular flexibility index (Phi) is 5.14. The second-order valence-electron chi connectivity index (χ2n) is 4.57. The van der Waals surface area contributed by atoms with Gasteiger partial charge in [0.15, 0.2) is 0 Å². The summed E-state index contributed by atoms with van der Waals surface area (Å²) < 4.78 is 5.74. The standard InChI is InChI=1S/C12H21ClN4O/c1-6-12(4,5)18-11-15-9(13)14-10(16-11)17(7-2)8-3/h6-8H2,1-5H3. The molecule has 0 radical (unpaired) electrons. The molecule has 0 atom stereocenters. The molecule has 0 N–H and O–H groups in total. The second kappa shape index (κ2) is 6.18. The highest BCUT2D eigenvalue weighted by Crippen LogP contribution is 2.20. The number of ether oxygens (including phenoxy) is 1. The van der Waals surface area contributed by atoms with Gasteiger partial charge in [-0.25, -0.2) is 0 Å². The van der Waals surface area contributed by atoms with Crippen LogP contribution in [-0.2, 0) is 0 Å². The van der Waals surface area contributed by atoms with E-state index < -0.39 is 0 Å². The van der Waals surface area contributed by atoms with Crippen LogP contribution in [0.25, 0.3) is 0 Å². The quantitative estimate of drug-likeness (QED) is 0.797. The molecule has 0 unspecified atom stereocenters. The summed E-state index contributed by atoms with van der Waals surface area (Å²) >= 11 is 5.91. The number of hydrogen-bond acceptors (Lipinski definition) is 5. The van der Waals surface area contributed by atoms with Gasteiger partial charge >= 0.3 is 6.01 Å². The summed E-state index contributed by atoms with van der Waals surface area (Å²) in [6.45, 7) is 11.7. The first-order chi connectivity index (χ1) is 8.41. The van der Waals surface area contributed by atoms with Gasteiger partial charge in [-0.2, -0.15) is 15.0 Å². The smallest absolute Gasteiger partial charge is 0.323 e. The van der Waals surface area contributed by atoms with Gasteiger partial charge in [0.25, 0.3) is 0 Å². The lowest BCUT2D eigenvalue weighted by Gasteiger charge is -2.24. The van der Waals surface area contributed by atoms with Gasteiger partial charge in [0.05, 0.1) is 0 Å². The van der Waals surface area contributed by atoms with E-state index >= 15 is 0 Å². The van der Waals surface area contributed by atoms with Crippen LogP contribution in [0.1, 0.15) is 41.0 Å². The van der Waals surface area contributed by atoms with Crippen LogP contribution in [0.3, 0.4) is 0 Å². The first-order valence-electron chi connectivity index (χ1n) is 6.27. The van der Waals surface area contributed by atoms with Crippen LogP contribution in [0.5, 0.6) is 6.01 Å². The Morgan fingerprint density at radius 1 is 1.11 bits per heavy atom. The molecular weight excluding hydrogens is 252 g/mol. The summed E-state index contributed by atoms with van der Waals surface area (Å²) in [7, 11) is 0. The van der Waals surface area contributed by atoms with E-state index in [9.17, 15) is 0 Å². The van der Waals surface area contributed by atoms with Crippen molar-refractivity contribution in [2.45, 2.75) is 46.6 Å². The summed E-state index contributed by atoms with van der Waals surface area (Å²) in [6.07, 6.45) is 0.858. The molecule has 18 heavy (non-hydrogen) atoms. The van der Waals surface area contributed by atoms with Gasteiger partial charge in [-0.3, -0.25) is 0 Å². The van der Waals surface area contributed by atoms with Crippen molar-refractivity contribution >= 4 is 17.5 Å². The Balaban J connectivity index is 3.00. The van der Waals surface area contributed by atoms with E-state index in [-0.39, 0.29) is 16.9 Å². The normalized spacial score (nSPS) is 11.4. The molecule has 0 aliphatic heterocycles. The average molecular weight is 273 g/mol. The summed E-state index contributed by atoms with van der Waals surface area (Å²) in [6, 6.07) is 0.281. The van der Waals surface area contributed by atoms with Crippen molar-refractivity contribution in [2.24, 2.45) is 0 Å². The van der Waals surface area contributed by atoms with Gasteiger partial charge in [-0.05, 0) is 45.7 Å². The van der Waals surface area contributed by atoms with Crippen LogP contribution in [0, 0.1) is 0 Å². The zero-order valence-corrected chi connectivity index (χ0v) is 12.5. The van der Waals surface area contributed by atoms with Gasteiger partial charge in [0.1, 0.15) is 5.60 Å². The van der Waals surface area contributed by atoms with Gasteiger partial charge in [-0.15, -0.1) is 0 Å². The molecule has 1 aromatic heterocycles. The minimum atomic E-state index is -0.314. The van der Waals surface area contributed by atoms with Gasteiger partial charge in [-0.1, -0.05) is 6.92 Å². The fraction of sp³-hybridized carbons (Fsp3) is 0.750. The van der Waals surface area contributed by atoms with E-state index in [1.165, 1.54) is 0 Å². The van der Waals surface area contributed by atoms with Crippen molar-refractivity contribution in [3.63, 3.8) is 0 Å². The van der Waals surface area contributed by atoms with Crippen molar-refractivity contribution < 1.29 is 4.74 Å². The van der Waals surface area contributed by atoms with E-state index in [2.05, 4.69) is 15.0 Å². The topological polar surface area (TPSA) is 51.1 Å². The van der Waals surface area contributed by atoms with Crippen LogP contribution in [0.2, 0.25) is 5.28 Å². The maximum absolute atomic E-state index is 5.91. The summed E-state index contributed by atoms with van der Waals surface area (Å²) in [5.41, 5.74) is -0.314. The molecule has 1 rings (SSSR count). The monoisotopic (exact) mass is 272 g/mol. The molecule has 0 spiro atoms. The predicted octanol–water partition coefficient (Wildman–Crippen LogP) is 2.94. The zero-order valence-electron chi connectivity index (χ0n) is 11.7. The minimum Gasteiger partial charge on any atom is -0.457 e. The van der Waals surface area contributed by atoms with E-state index in [0.717, 1.165) is 19.5 Å². The Morgan fingerprint density at radius 2 is 1.72 bits per heavy atom. The largest absolute Gasteiger partial charge is 0.457 e. The van der Waals surface area contributed by atoms with Gasteiger partial charge < -0.3 is 9.64 Å². The average Bonchev–Trinajstić information content (AvgIpc) is 2.29. The van der Waals surface area contributed by atoms with Crippen LogP contribution in [0.4, 0.5) is 5.95 Å². The maximum atomic E-state index is 5.91. The predicted molar refractivity (Wildman–Crippen MR) is 73.4 cm³/mol. The van der Waals surface area contributed by atoms with Gasteiger partial charge in [0, 0.05) is 13.1 Å². The van der Waals surface area contributed by atoms with Crippen molar-refractivity contribution in [3.05, 3.63) is 5.28 Å². The van der Waals surface area contributed by atoms with Gasteiger partial charge in [0.2, 0.25) is 11.2 Å². The van der Waals surface area contributed by atoms with Crippen LogP contribution >= 0.6 is 11.6 Å². The second-order valence-corrected chi connectivity index (χ2v) is 4.91. The van der Waals surface area contributed by atoms with E-state index in [1.807, 2.05) is 39.5 Å². The number of aromatic nitrogens is 3. The number of nitrogens with zero attached hydrogens (tertiary/aromatic N) is 4. The Hall–Kier alpha value is -1.10. The lowest BCUT2D eigenvalue weighted by Crippen LogP contribution is -2.29. The lowest BCUT2D eigenvalue weighted by molar-refractivity contribution is 0.0923. The highest BCUT2D eigenvalue weighted by molar-refractivity contribution is 6.28. The van der Waals surface area contributed by atoms with Crippen LogP contribution in [-0.4, -0.2) is 33.6 Å². The maximum Gasteiger partial charge on any atom is 0.323 e. The zero-order chi connectivity index (χ0) is 13.8. The molecule has 0 bridgehead atoms. The molecule has 0 saturated heterocycles. The molecule has 0 aliphatic rings. The molecule has 5 nitrogen and oxygen atoms in total. The molecule has 0 aliphatic carbocycles. The minimum absolute atomic E-state index is 0.161. The summed E-state index contributed by atoms with van der Waals surface area (Å²) in [5.74, 6) is 0.557. The third kappa shape index (κ3) is 3.98. The van der Waals surface area contributed by atoms with Crippen molar-refractivity contribution in [1.29, 1.82) is 0 Å². The first kappa shape index (κ1) is 15.0. The molecule has 0 fully saturated rings. The third-order valence-corrected chi connectivity index (χ3v) is 3.01. The number of rotatable bonds is 6. The molecule has 1 aromatic rings.